The third kappa shape index (κ3) is 2.70. The van der Waals surface area contributed by atoms with Gasteiger partial charge in [0.1, 0.15) is 12.0 Å². The van der Waals surface area contributed by atoms with Crippen LogP contribution in [-0.4, -0.2) is 17.8 Å². The highest BCUT2D eigenvalue weighted by Crippen LogP contribution is 2.18. The average molecular weight is 183 g/mol. The normalized spacial score (nSPS) is 12.3. The van der Waals surface area contributed by atoms with E-state index >= 15 is 0 Å². The van der Waals surface area contributed by atoms with Gasteiger partial charge in [0, 0.05) is 11.3 Å². The maximum atomic E-state index is 10.2. The summed E-state index contributed by atoms with van der Waals surface area (Å²) < 4.78 is 4.99. The molecular weight excluding hydrogens is 174 g/mol. The summed E-state index contributed by atoms with van der Waals surface area (Å²) in [5.41, 5.74) is 0. The van der Waals surface area contributed by atoms with Crippen molar-refractivity contribution < 1.29 is 14.1 Å². The number of nitro groups is 1. The molecule has 13 heavy (non-hydrogen) atoms. The summed E-state index contributed by atoms with van der Waals surface area (Å²) in [4.78, 5) is 20.0. The zero-order valence-corrected chi connectivity index (χ0v) is 6.88. The second kappa shape index (κ2) is 4.39. The van der Waals surface area contributed by atoms with Gasteiger partial charge in [0.05, 0.1) is 12.2 Å². The van der Waals surface area contributed by atoms with Crippen LogP contribution >= 0.6 is 0 Å². The van der Waals surface area contributed by atoms with Gasteiger partial charge in [-0.05, 0) is 12.1 Å². The fraction of sp³-hybridized carbons (Fsp3) is 0.375. The Kier molecular flexibility index (Phi) is 3.19. The van der Waals surface area contributed by atoms with Gasteiger partial charge in [-0.15, -0.1) is 0 Å². The summed E-state index contributed by atoms with van der Waals surface area (Å²) in [5.74, 6) is 0.0475. The molecule has 0 radical (unpaired) electrons. The van der Waals surface area contributed by atoms with Crippen LogP contribution in [0.25, 0.3) is 0 Å². The van der Waals surface area contributed by atoms with Crippen LogP contribution in [0, 0.1) is 10.1 Å². The van der Waals surface area contributed by atoms with Crippen molar-refractivity contribution in [3.8, 4) is 0 Å². The third-order valence-electron chi connectivity index (χ3n) is 1.70. The zero-order chi connectivity index (χ0) is 9.68. The lowest BCUT2D eigenvalue weighted by Gasteiger charge is -2.04. The molecular formula is C8H9NO4. The Hall–Kier alpha value is -1.65. The standard InChI is InChI=1S/C8H9NO4/c10-4-3-7(6-9(11)12)8-2-1-5-13-8/h1-2,4-5,7H,3,6H2. The highest BCUT2D eigenvalue weighted by Gasteiger charge is 2.19. The summed E-state index contributed by atoms with van der Waals surface area (Å²) in [6.07, 6.45) is 2.22. The minimum atomic E-state index is -0.448. The molecule has 0 saturated carbocycles. The lowest BCUT2D eigenvalue weighted by molar-refractivity contribution is -0.483. The molecule has 1 unspecified atom stereocenters. The first-order valence-corrected chi connectivity index (χ1v) is 3.83. The predicted octanol–water partition coefficient (Wildman–Crippen LogP) is 1.23. The second-order valence-corrected chi connectivity index (χ2v) is 2.63. The fourth-order valence-corrected chi connectivity index (χ4v) is 1.10. The Bertz CT molecular complexity index is 280. The summed E-state index contributed by atoms with van der Waals surface area (Å²) in [7, 11) is 0. The summed E-state index contributed by atoms with van der Waals surface area (Å²) in [6, 6.07) is 3.28. The molecule has 1 aromatic rings. The first kappa shape index (κ1) is 9.44. The highest BCUT2D eigenvalue weighted by atomic mass is 16.6. The summed E-state index contributed by atoms with van der Waals surface area (Å²) in [6.45, 7) is -0.272. The Morgan fingerprint density at radius 3 is 2.92 bits per heavy atom. The number of hydrogen-bond donors (Lipinski definition) is 0. The molecule has 0 aliphatic heterocycles. The molecule has 1 heterocycles. The Balaban J connectivity index is 2.67. The van der Waals surface area contributed by atoms with Crippen molar-refractivity contribution in [2.45, 2.75) is 12.3 Å². The van der Waals surface area contributed by atoms with Crippen LogP contribution in [0.1, 0.15) is 18.1 Å². The molecule has 5 nitrogen and oxygen atoms in total. The van der Waals surface area contributed by atoms with Crippen LogP contribution in [0.5, 0.6) is 0 Å². The van der Waals surface area contributed by atoms with Crippen LogP contribution < -0.4 is 0 Å². The molecule has 0 fully saturated rings. The number of rotatable bonds is 5. The minimum absolute atomic E-state index is 0.120. The molecule has 1 aromatic heterocycles. The van der Waals surface area contributed by atoms with Gasteiger partial charge in [-0.25, -0.2) is 0 Å². The van der Waals surface area contributed by atoms with E-state index in [2.05, 4.69) is 0 Å². The van der Waals surface area contributed by atoms with Gasteiger partial charge in [-0.1, -0.05) is 0 Å². The maximum absolute atomic E-state index is 10.2. The van der Waals surface area contributed by atoms with Crippen LogP contribution in [-0.2, 0) is 4.79 Å². The molecule has 0 saturated heterocycles. The van der Waals surface area contributed by atoms with Crippen molar-refractivity contribution in [2.75, 3.05) is 6.54 Å². The molecule has 1 rings (SSSR count). The summed E-state index contributed by atoms with van der Waals surface area (Å²) >= 11 is 0. The van der Waals surface area contributed by atoms with E-state index in [-0.39, 0.29) is 13.0 Å². The predicted molar refractivity (Wildman–Crippen MR) is 44.0 cm³/mol. The van der Waals surface area contributed by atoms with Crippen molar-refractivity contribution in [1.29, 1.82) is 0 Å². The lowest BCUT2D eigenvalue weighted by atomic mass is 10.0. The van der Waals surface area contributed by atoms with Gasteiger partial charge < -0.3 is 9.21 Å². The van der Waals surface area contributed by atoms with Gasteiger partial charge in [0.25, 0.3) is 0 Å². The van der Waals surface area contributed by atoms with E-state index in [0.29, 0.717) is 12.0 Å². The van der Waals surface area contributed by atoms with Crippen LogP contribution in [0.3, 0.4) is 0 Å². The Labute approximate surface area is 74.5 Å². The van der Waals surface area contributed by atoms with E-state index in [1.54, 1.807) is 12.1 Å². The monoisotopic (exact) mass is 183 g/mol. The van der Waals surface area contributed by atoms with Crippen molar-refractivity contribution in [1.82, 2.24) is 0 Å². The molecule has 0 spiro atoms. The highest BCUT2D eigenvalue weighted by molar-refractivity contribution is 5.51. The van der Waals surface area contributed by atoms with Crippen molar-refractivity contribution >= 4 is 6.29 Å². The van der Waals surface area contributed by atoms with Crippen LogP contribution in [0.15, 0.2) is 22.8 Å². The molecule has 5 heteroatoms. The van der Waals surface area contributed by atoms with Crippen LogP contribution in [0.2, 0.25) is 0 Å². The molecule has 0 aliphatic rings. The molecule has 0 amide bonds. The number of aldehydes is 1. The van der Waals surface area contributed by atoms with E-state index in [0.717, 1.165) is 0 Å². The average Bonchev–Trinajstić information content (AvgIpc) is 2.54. The van der Waals surface area contributed by atoms with E-state index in [1.165, 1.54) is 6.26 Å². The molecule has 1 atom stereocenters. The smallest absolute Gasteiger partial charge is 0.214 e. The van der Waals surface area contributed by atoms with E-state index in [9.17, 15) is 14.9 Å². The first-order chi connectivity index (χ1) is 6.24. The van der Waals surface area contributed by atoms with Crippen molar-refractivity contribution in [3.05, 3.63) is 34.3 Å². The zero-order valence-electron chi connectivity index (χ0n) is 6.88. The van der Waals surface area contributed by atoms with E-state index in [1.807, 2.05) is 0 Å². The van der Waals surface area contributed by atoms with Gasteiger partial charge in [-0.2, -0.15) is 0 Å². The van der Waals surface area contributed by atoms with E-state index in [4.69, 9.17) is 4.42 Å². The molecule has 0 aromatic carbocycles. The van der Waals surface area contributed by atoms with Crippen LogP contribution in [0.4, 0.5) is 0 Å². The first-order valence-electron chi connectivity index (χ1n) is 3.83. The molecule has 0 N–H and O–H groups in total. The van der Waals surface area contributed by atoms with Gasteiger partial charge in [-0.3, -0.25) is 10.1 Å². The van der Waals surface area contributed by atoms with Crippen molar-refractivity contribution in [3.63, 3.8) is 0 Å². The number of nitrogens with zero attached hydrogens (tertiary/aromatic N) is 1. The quantitative estimate of drug-likeness (QED) is 0.391. The third-order valence-corrected chi connectivity index (χ3v) is 1.70. The van der Waals surface area contributed by atoms with E-state index < -0.39 is 10.8 Å². The molecule has 70 valence electrons. The maximum Gasteiger partial charge on any atom is 0.214 e. The fourth-order valence-electron chi connectivity index (χ4n) is 1.10. The number of furan rings is 1. The SMILES string of the molecule is O=CCC(C[N+](=O)[O-])c1ccco1. The minimum Gasteiger partial charge on any atom is -0.469 e. The lowest BCUT2D eigenvalue weighted by Crippen LogP contribution is -2.12. The largest absolute Gasteiger partial charge is 0.469 e. The van der Waals surface area contributed by atoms with Crippen molar-refractivity contribution in [2.24, 2.45) is 0 Å². The Morgan fingerprint density at radius 2 is 2.46 bits per heavy atom. The number of carbonyl (C=O) groups excluding carboxylic acids is 1. The number of hydrogen-bond acceptors (Lipinski definition) is 4. The second-order valence-electron chi connectivity index (χ2n) is 2.63. The topological polar surface area (TPSA) is 73.3 Å². The van der Waals surface area contributed by atoms with Gasteiger partial charge in [0.15, 0.2) is 0 Å². The van der Waals surface area contributed by atoms with Gasteiger partial charge in [0.2, 0.25) is 6.54 Å². The van der Waals surface area contributed by atoms with Gasteiger partial charge >= 0.3 is 0 Å². The number of carbonyl (C=O) groups is 1. The molecule has 0 aliphatic carbocycles. The summed E-state index contributed by atoms with van der Waals surface area (Å²) in [5, 5.41) is 10.2. The molecule has 0 bridgehead atoms. The Morgan fingerprint density at radius 1 is 1.69 bits per heavy atom.